The first-order valence-electron chi connectivity index (χ1n) is 6.86. The van der Waals surface area contributed by atoms with Crippen molar-refractivity contribution in [2.24, 2.45) is 0 Å². The number of ether oxygens (including phenoxy) is 1. The fourth-order valence-electron chi connectivity index (χ4n) is 1.65. The van der Waals surface area contributed by atoms with Gasteiger partial charge in [0.2, 0.25) is 0 Å². The summed E-state index contributed by atoms with van der Waals surface area (Å²) in [5.74, 6) is 3.33. The molecule has 0 unspecified atom stereocenters. The Hall–Kier alpha value is -0.190. The second-order valence-corrected chi connectivity index (χ2v) is 6.91. The Morgan fingerprint density at radius 3 is 2.84 bits per heavy atom. The van der Waals surface area contributed by atoms with Crippen LogP contribution in [-0.2, 0) is 6.54 Å². The quantitative estimate of drug-likeness (QED) is 0.667. The molecule has 0 saturated heterocycles. The van der Waals surface area contributed by atoms with Crippen molar-refractivity contribution in [2.75, 3.05) is 18.1 Å². The Morgan fingerprint density at radius 1 is 1.37 bits per heavy atom. The summed E-state index contributed by atoms with van der Waals surface area (Å²) in [6.07, 6.45) is 1.09. The molecule has 0 aromatic heterocycles. The maximum Gasteiger partial charge on any atom is 0.137 e. The van der Waals surface area contributed by atoms with Crippen LogP contribution in [0.15, 0.2) is 22.7 Å². The summed E-state index contributed by atoms with van der Waals surface area (Å²) in [6, 6.07) is 6.69. The minimum atomic E-state index is 0.479. The average molecular weight is 346 g/mol. The third kappa shape index (κ3) is 6.68. The van der Waals surface area contributed by atoms with E-state index in [9.17, 15) is 0 Å². The summed E-state index contributed by atoms with van der Waals surface area (Å²) < 4.78 is 6.99. The predicted molar refractivity (Wildman–Crippen MR) is 89.2 cm³/mol. The highest BCUT2D eigenvalue weighted by atomic mass is 79.9. The van der Waals surface area contributed by atoms with E-state index < -0.39 is 0 Å². The molecule has 0 aliphatic heterocycles. The third-order valence-corrected chi connectivity index (χ3v) is 4.24. The van der Waals surface area contributed by atoms with E-state index in [2.05, 4.69) is 54.2 Å². The minimum Gasteiger partial charge on any atom is -0.492 e. The van der Waals surface area contributed by atoms with Gasteiger partial charge in [-0.05, 0) is 39.9 Å². The van der Waals surface area contributed by atoms with Crippen molar-refractivity contribution in [1.29, 1.82) is 0 Å². The number of hydrogen-bond acceptors (Lipinski definition) is 3. The molecular formula is C15H24BrNOS. The summed E-state index contributed by atoms with van der Waals surface area (Å²) in [7, 11) is 0. The Kier molecular flexibility index (Phi) is 8.58. The molecule has 1 N–H and O–H groups in total. The van der Waals surface area contributed by atoms with E-state index in [1.54, 1.807) is 0 Å². The fraction of sp³-hybridized carbons (Fsp3) is 0.600. The van der Waals surface area contributed by atoms with Gasteiger partial charge in [-0.3, -0.25) is 0 Å². The lowest BCUT2D eigenvalue weighted by Gasteiger charge is -2.15. The molecule has 1 aromatic rings. The van der Waals surface area contributed by atoms with Crippen molar-refractivity contribution in [2.45, 2.75) is 39.8 Å². The molecule has 0 spiro atoms. The molecule has 108 valence electrons. The van der Waals surface area contributed by atoms with Gasteiger partial charge < -0.3 is 10.1 Å². The lowest BCUT2D eigenvalue weighted by molar-refractivity contribution is 0.312. The van der Waals surface area contributed by atoms with Crippen molar-refractivity contribution in [3.63, 3.8) is 0 Å². The summed E-state index contributed by atoms with van der Waals surface area (Å²) in [4.78, 5) is 0. The second-order valence-electron chi connectivity index (χ2n) is 4.66. The van der Waals surface area contributed by atoms with E-state index in [1.807, 2.05) is 17.8 Å². The fourth-order valence-corrected chi connectivity index (χ4v) is 2.78. The predicted octanol–water partition coefficient (Wildman–Crippen LogP) is 4.47. The zero-order valence-electron chi connectivity index (χ0n) is 12.0. The zero-order valence-corrected chi connectivity index (χ0v) is 14.4. The zero-order chi connectivity index (χ0) is 14.1. The van der Waals surface area contributed by atoms with Gasteiger partial charge in [-0.1, -0.05) is 32.9 Å². The second kappa shape index (κ2) is 9.67. The molecule has 1 rings (SSSR count). The van der Waals surface area contributed by atoms with Crippen LogP contribution in [0.3, 0.4) is 0 Å². The lowest BCUT2D eigenvalue weighted by Crippen LogP contribution is -2.22. The number of hydrogen-bond donors (Lipinski definition) is 1. The van der Waals surface area contributed by atoms with E-state index in [0.717, 1.165) is 29.8 Å². The van der Waals surface area contributed by atoms with Crippen LogP contribution in [0.1, 0.15) is 32.8 Å². The molecule has 0 saturated carbocycles. The van der Waals surface area contributed by atoms with Crippen LogP contribution in [0.5, 0.6) is 5.75 Å². The lowest BCUT2D eigenvalue weighted by atomic mass is 10.2. The average Bonchev–Trinajstić information content (AvgIpc) is 2.38. The first-order chi connectivity index (χ1) is 9.15. The molecule has 1 aromatic carbocycles. The van der Waals surface area contributed by atoms with E-state index in [-0.39, 0.29) is 0 Å². The Labute approximate surface area is 129 Å². The SMILES string of the molecule is CCSCCCOc1c(Br)cccc1CNC(C)C. The highest BCUT2D eigenvalue weighted by molar-refractivity contribution is 9.10. The minimum absolute atomic E-state index is 0.479. The summed E-state index contributed by atoms with van der Waals surface area (Å²) >= 11 is 5.54. The maximum atomic E-state index is 5.95. The van der Waals surface area contributed by atoms with Crippen LogP contribution in [-0.4, -0.2) is 24.2 Å². The Balaban J connectivity index is 2.54. The normalized spacial score (nSPS) is 11.0. The highest BCUT2D eigenvalue weighted by Gasteiger charge is 2.08. The van der Waals surface area contributed by atoms with Gasteiger partial charge in [0.15, 0.2) is 0 Å². The van der Waals surface area contributed by atoms with Gasteiger partial charge in [-0.2, -0.15) is 11.8 Å². The molecule has 0 heterocycles. The van der Waals surface area contributed by atoms with Gasteiger partial charge in [-0.25, -0.2) is 0 Å². The van der Waals surface area contributed by atoms with Crippen molar-refractivity contribution in [1.82, 2.24) is 5.32 Å². The first kappa shape index (κ1) is 16.9. The van der Waals surface area contributed by atoms with Crippen LogP contribution in [0.25, 0.3) is 0 Å². The largest absolute Gasteiger partial charge is 0.492 e. The van der Waals surface area contributed by atoms with Crippen LogP contribution in [0.2, 0.25) is 0 Å². The van der Waals surface area contributed by atoms with E-state index in [1.165, 1.54) is 17.1 Å². The number of halogens is 1. The Morgan fingerprint density at radius 2 is 2.16 bits per heavy atom. The smallest absolute Gasteiger partial charge is 0.137 e. The number of benzene rings is 1. The van der Waals surface area contributed by atoms with Crippen LogP contribution < -0.4 is 10.1 Å². The van der Waals surface area contributed by atoms with Crippen molar-refractivity contribution in [3.8, 4) is 5.75 Å². The molecule has 0 amide bonds. The summed E-state index contributed by atoms with van der Waals surface area (Å²) in [6.45, 7) is 8.12. The van der Waals surface area contributed by atoms with Crippen molar-refractivity contribution >= 4 is 27.7 Å². The van der Waals surface area contributed by atoms with Gasteiger partial charge in [0.25, 0.3) is 0 Å². The molecular weight excluding hydrogens is 322 g/mol. The maximum absolute atomic E-state index is 5.95. The van der Waals surface area contributed by atoms with Crippen LogP contribution in [0, 0.1) is 0 Å². The van der Waals surface area contributed by atoms with E-state index in [0.29, 0.717) is 6.04 Å². The number of thioether (sulfide) groups is 1. The van der Waals surface area contributed by atoms with Crippen molar-refractivity contribution in [3.05, 3.63) is 28.2 Å². The topological polar surface area (TPSA) is 21.3 Å². The molecule has 0 radical (unpaired) electrons. The number of rotatable bonds is 9. The highest BCUT2D eigenvalue weighted by Crippen LogP contribution is 2.29. The third-order valence-electron chi connectivity index (χ3n) is 2.63. The van der Waals surface area contributed by atoms with Crippen LogP contribution >= 0.6 is 27.7 Å². The standard InChI is InChI=1S/C15H24BrNOS/c1-4-19-10-6-9-18-15-13(11-17-12(2)3)7-5-8-14(15)16/h5,7-8,12,17H,4,6,9-11H2,1-3H3. The summed E-state index contributed by atoms with van der Waals surface area (Å²) in [5.41, 5.74) is 1.21. The molecule has 2 nitrogen and oxygen atoms in total. The summed E-state index contributed by atoms with van der Waals surface area (Å²) in [5, 5.41) is 3.44. The van der Waals surface area contributed by atoms with Gasteiger partial charge >= 0.3 is 0 Å². The Bertz CT molecular complexity index is 371. The van der Waals surface area contributed by atoms with Crippen molar-refractivity contribution < 1.29 is 4.74 Å². The molecule has 0 fully saturated rings. The van der Waals surface area contributed by atoms with E-state index >= 15 is 0 Å². The molecule has 0 atom stereocenters. The number of nitrogens with one attached hydrogen (secondary N) is 1. The number of para-hydroxylation sites is 1. The van der Waals surface area contributed by atoms with Gasteiger partial charge in [0.05, 0.1) is 11.1 Å². The molecule has 4 heteroatoms. The van der Waals surface area contributed by atoms with Gasteiger partial charge in [0, 0.05) is 18.2 Å². The van der Waals surface area contributed by atoms with E-state index in [4.69, 9.17) is 4.74 Å². The van der Waals surface area contributed by atoms with Crippen LogP contribution in [0.4, 0.5) is 0 Å². The molecule has 0 bridgehead atoms. The molecule has 0 aliphatic carbocycles. The molecule has 0 aliphatic rings. The van der Waals surface area contributed by atoms with Gasteiger partial charge in [-0.15, -0.1) is 0 Å². The monoisotopic (exact) mass is 345 g/mol. The molecule has 19 heavy (non-hydrogen) atoms. The first-order valence-corrected chi connectivity index (χ1v) is 8.81. The van der Waals surface area contributed by atoms with Gasteiger partial charge in [0.1, 0.15) is 5.75 Å².